The van der Waals surface area contributed by atoms with Gasteiger partial charge >= 0.3 is 0 Å². The van der Waals surface area contributed by atoms with E-state index >= 15 is 0 Å². The van der Waals surface area contributed by atoms with Crippen molar-refractivity contribution in [2.45, 2.75) is 0 Å². The largest absolute Gasteiger partial charge is 0.366 e. The Morgan fingerprint density at radius 3 is 2.70 bits per heavy atom. The van der Waals surface area contributed by atoms with Crippen LogP contribution in [0.1, 0.15) is 15.9 Å². The van der Waals surface area contributed by atoms with Crippen molar-refractivity contribution in [1.29, 1.82) is 0 Å². The van der Waals surface area contributed by atoms with Crippen LogP contribution in [0.4, 0.5) is 0 Å². The lowest BCUT2D eigenvalue weighted by Crippen LogP contribution is -2.11. The van der Waals surface area contributed by atoms with Crippen LogP contribution in [0.15, 0.2) is 18.5 Å². The summed E-state index contributed by atoms with van der Waals surface area (Å²) in [7, 11) is 0. The number of carbonyl (C=O) groups is 1. The Hall–Kier alpha value is -1.38. The normalized spacial score (nSPS) is 9.30. The van der Waals surface area contributed by atoms with E-state index in [9.17, 15) is 4.79 Å². The van der Waals surface area contributed by atoms with Crippen molar-refractivity contribution in [3.05, 3.63) is 36.5 Å². The number of primary amides is 1. The minimum Gasteiger partial charge on any atom is -0.366 e. The number of amides is 1. The number of nitrogens with two attached hydrogens (primary N) is 1. The molecule has 1 amide bonds. The summed E-state index contributed by atoms with van der Waals surface area (Å²) in [6, 6.07) is 1.48. The molecule has 10 heavy (non-hydrogen) atoms. The molecule has 0 aromatic carbocycles. The molecule has 2 radical (unpaired) electrons. The second kappa shape index (κ2) is 2.47. The Kier molecular flexibility index (Phi) is 1.67. The molecule has 0 aliphatic rings. The van der Waals surface area contributed by atoms with Crippen LogP contribution < -0.4 is 5.73 Å². The van der Waals surface area contributed by atoms with Gasteiger partial charge in [-0.2, -0.15) is 0 Å². The first-order valence-electron chi connectivity index (χ1n) is 2.70. The van der Waals surface area contributed by atoms with Crippen molar-refractivity contribution in [3.63, 3.8) is 0 Å². The van der Waals surface area contributed by atoms with E-state index in [1.807, 2.05) is 0 Å². The Bertz CT molecular complexity index is 258. The maximum absolute atomic E-state index is 10.5. The smallest absolute Gasteiger partial charge is 0.250 e. The zero-order valence-electron chi connectivity index (χ0n) is 5.24. The number of hydrogen-bond acceptors (Lipinski definition) is 2. The van der Waals surface area contributed by atoms with Crippen LogP contribution >= 0.6 is 0 Å². The van der Waals surface area contributed by atoms with Gasteiger partial charge in [0.1, 0.15) is 0 Å². The third kappa shape index (κ3) is 1.31. The lowest BCUT2D eigenvalue weighted by Gasteiger charge is -1.93. The Labute approximate surface area is 58.9 Å². The quantitative estimate of drug-likeness (QED) is 0.598. The molecule has 1 aromatic heterocycles. The molecule has 0 atom stereocenters. The van der Waals surface area contributed by atoms with Crippen LogP contribution in [0.3, 0.4) is 0 Å². The molecule has 3 heteroatoms. The highest BCUT2D eigenvalue weighted by Crippen LogP contribution is 1.98. The van der Waals surface area contributed by atoms with E-state index in [2.05, 4.69) is 4.98 Å². The van der Waals surface area contributed by atoms with Crippen molar-refractivity contribution in [2.24, 2.45) is 5.73 Å². The predicted molar refractivity (Wildman–Crippen MR) is 36.2 cm³/mol. The summed E-state index contributed by atoms with van der Waals surface area (Å²) >= 11 is 0. The molecule has 0 saturated heterocycles. The lowest BCUT2D eigenvalue weighted by atomic mass is 10.2. The van der Waals surface area contributed by atoms with Crippen molar-refractivity contribution in [3.8, 4) is 0 Å². The molecule has 1 aromatic rings. The monoisotopic (exact) mass is 134 g/mol. The van der Waals surface area contributed by atoms with Crippen LogP contribution in [-0.4, -0.2) is 10.9 Å². The first kappa shape index (κ1) is 6.74. The second-order valence-electron chi connectivity index (χ2n) is 1.87. The molecule has 0 saturated carbocycles. The number of hydrogen-bond donors (Lipinski definition) is 1. The Morgan fingerprint density at radius 2 is 2.30 bits per heavy atom. The maximum atomic E-state index is 10.5. The number of nitrogens with zero attached hydrogens (tertiary/aromatic N) is 1. The van der Waals surface area contributed by atoms with Gasteiger partial charge in [-0.1, -0.05) is 0 Å². The van der Waals surface area contributed by atoms with E-state index in [4.69, 9.17) is 12.7 Å². The summed E-state index contributed by atoms with van der Waals surface area (Å²) in [6.45, 7) is 5.33. The van der Waals surface area contributed by atoms with E-state index in [-0.39, 0.29) is 0 Å². The minimum absolute atomic E-state index is 0.333. The van der Waals surface area contributed by atoms with E-state index in [0.717, 1.165) is 0 Å². The van der Waals surface area contributed by atoms with Crippen LogP contribution in [0.2, 0.25) is 0 Å². The van der Waals surface area contributed by atoms with E-state index < -0.39 is 5.91 Å². The summed E-state index contributed by atoms with van der Waals surface area (Å²) in [5.74, 6) is -0.514. The van der Waals surface area contributed by atoms with Crippen LogP contribution in [0.25, 0.3) is 0 Å². The molecular formula is C7H6N2O. The van der Waals surface area contributed by atoms with Gasteiger partial charge in [-0.3, -0.25) is 9.78 Å². The van der Waals surface area contributed by atoms with Gasteiger partial charge < -0.3 is 5.73 Å². The second-order valence-corrected chi connectivity index (χ2v) is 1.87. The average molecular weight is 134 g/mol. The number of carbonyl (C=O) groups excluding carboxylic acids is 1. The first-order valence-corrected chi connectivity index (χ1v) is 2.70. The van der Waals surface area contributed by atoms with Gasteiger partial charge in [0.25, 0.3) is 0 Å². The lowest BCUT2D eigenvalue weighted by molar-refractivity contribution is 0.1000. The Morgan fingerprint density at radius 1 is 1.60 bits per heavy atom. The van der Waals surface area contributed by atoms with Crippen molar-refractivity contribution in [2.75, 3.05) is 0 Å². The van der Waals surface area contributed by atoms with E-state index in [1.165, 1.54) is 18.5 Å². The van der Waals surface area contributed by atoms with Crippen molar-refractivity contribution < 1.29 is 4.79 Å². The summed E-state index contributed by atoms with van der Waals surface area (Å²) in [6.07, 6.45) is 2.82. The van der Waals surface area contributed by atoms with Crippen LogP contribution in [-0.2, 0) is 0 Å². The van der Waals surface area contributed by atoms with E-state index in [1.54, 1.807) is 0 Å². The van der Waals surface area contributed by atoms with Gasteiger partial charge in [-0.25, -0.2) is 0 Å². The van der Waals surface area contributed by atoms with Gasteiger partial charge in [0.05, 0.1) is 5.56 Å². The number of pyridine rings is 1. The molecule has 1 rings (SSSR count). The Balaban J connectivity index is 3.07. The van der Waals surface area contributed by atoms with E-state index in [0.29, 0.717) is 11.1 Å². The summed E-state index contributed by atoms with van der Waals surface area (Å²) in [4.78, 5) is 14.2. The highest BCUT2D eigenvalue weighted by atomic mass is 16.1. The molecule has 0 bridgehead atoms. The summed E-state index contributed by atoms with van der Waals surface area (Å²) in [5.41, 5.74) is 5.72. The van der Waals surface area contributed by atoms with Gasteiger partial charge in [0.15, 0.2) is 0 Å². The SMILES string of the molecule is [CH]c1cncc(C(N)=O)c1. The molecule has 2 N–H and O–H groups in total. The van der Waals surface area contributed by atoms with Crippen molar-refractivity contribution in [1.82, 2.24) is 4.98 Å². The number of rotatable bonds is 1. The maximum Gasteiger partial charge on any atom is 0.250 e. The molecule has 50 valence electrons. The predicted octanol–water partition coefficient (Wildman–Crippen LogP) is 0.240. The third-order valence-corrected chi connectivity index (χ3v) is 1.04. The fraction of sp³-hybridized carbons (Fsp3) is 0. The summed E-state index contributed by atoms with van der Waals surface area (Å²) in [5, 5.41) is 0. The molecule has 0 spiro atoms. The molecule has 0 aliphatic heterocycles. The zero-order chi connectivity index (χ0) is 7.56. The molecular weight excluding hydrogens is 128 g/mol. The average Bonchev–Trinajstić information content (AvgIpc) is 1.88. The highest BCUT2D eigenvalue weighted by molar-refractivity contribution is 5.92. The fourth-order valence-electron chi connectivity index (χ4n) is 0.592. The highest BCUT2D eigenvalue weighted by Gasteiger charge is 1.98. The van der Waals surface area contributed by atoms with Crippen molar-refractivity contribution >= 4 is 5.91 Å². The standard InChI is InChI=1S/C7H6N2O/c1-5-2-6(7(8)10)4-9-3-5/h1-4H,(H2,8,10). The van der Waals surface area contributed by atoms with Gasteiger partial charge in [0.2, 0.25) is 5.91 Å². The van der Waals surface area contributed by atoms with Gasteiger partial charge in [0, 0.05) is 19.3 Å². The third-order valence-electron chi connectivity index (χ3n) is 1.04. The van der Waals surface area contributed by atoms with Crippen LogP contribution in [0, 0.1) is 6.92 Å². The molecule has 3 nitrogen and oxygen atoms in total. The molecule has 1 heterocycles. The van der Waals surface area contributed by atoms with Gasteiger partial charge in [-0.15, -0.1) is 0 Å². The van der Waals surface area contributed by atoms with Crippen LogP contribution in [0.5, 0.6) is 0 Å². The number of aromatic nitrogens is 1. The molecule has 0 unspecified atom stereocenters. The molecule has 0 aliphatic carbocycles. The molecule has 0 fully saturated rings. The summed E-state index contributed by atoms with van der Waals surface area (Å²) < 4.78 is 0. The first-order chi connectivity index (χ1) is 4.70. The minimum atomic E-state index is -0.514. The topological polar surface area (TPSA) is 56.0 Å². The fourth-order valence-corrected chi connectivity index (χ4v) is 0.592. The van der Waals surface area contributed by atoms with Gasteiger partial charge in [-0.05, 0) is 11.6 Å². The zero-order valence-corrected chi connectivity index (χ0v) is 5.24.